The van der Waals surface area contributed by atoms with Gasteiger partial charge in [0.15, 0.2) is 5.60 Å². The van der Waals surface area contributed by atoms with Crippen molar-refractivity contribution in [2.45, 2.75) is 5.60 Å². The number of nitrogens with zero attached hydrogens (tertiary/aromatic N) is 1. The van der Waals surface area contributed by atoms with E-state index in [-0.39, 0.29) is 5.56 Å². The molecule has 0 saturated carbocycles. The quantitative estimate of drug-likeness (QED) is 0.339. The fourth-order valence-corrected chi connectivity index (χ4v) is 3.37. The zero-order valence-electron chi connectivity index (χ0n) is 17.3. The third kappa shape index (κ3) is 4.58. The molecule has 7 heteroatoms. The van der Waals surface area contributed by atoms with Gasteiger partial charge in [-0.15, -0.1) is 0 Å². The van der Waals surface area contributed by atoms with Gasteiger partial charge in [-0.1, -0.05) is 84.9 Å². The molecule has 1 heterocycles. The number of carboxylic acid groups (broad SMARTS) is 1. The van der Waals surface area contributed by atoms with Gasteiger partial charge < -0.3 is 19.4 Å². The first-order valence-corrected chi connectivity index (χ1v) is 10.1. The van der Waals surface area contributed by atoms with Crippen molar-refractivity contribution < 1.29 is 24.2 Å². The summed E-state index contributed by atoms with van der Waals surface area (Å²) in [6.07, 6.45) is 1.31. The zero-order chi connectivity index (χ0) is 23.3. The number of carbonyl (C=O) groups is 2. The SMILES string of the molecule is O=C([O-])c1ccc(-c2ccc(/C=N\NC(=O)C(O)(c3ccccc3)c3ccccc3)o2)cc1. The number of carboxylic acids is 1. The Bertz CT molecular complexity index is 1240. The van der Waals surface area contributed by atoms with E-state index in [9.17, 15) is 19.8 Å². The third-order valence-corrected chi connectivity index (χ3v) is 5.10. The molecule has 3 aromatic carbocycles. The number of hydrogen-bond donors (Lipinski definition) is 2. The van der Waals surface area contributed by atoms with Gasteiger partial charge in [0, 0.05) is 5.56 Å². The summed E-state index contributed by atoms with van der Waals surface area (Å²) < 4.78 is 5.68. The number of aliphatic hydroxyl groups is 1. The molecular formula is C26H19N2O5-. The van der Waals surface area contributed by atoms with E-state index in [0.29, 0.717) is 28.2 Å². The van der Waals surface area contributed by atoms with E-state index in [1.165, 1.54) is 18.3 Å². The second-order valence-corrected chi connectivity index (χ2v) is 7.21. The largest absolute Gasteiger partial charge is 0.545 e. The number of rotatable bonds is 7. The Labute approximate surface area is 189 Å². The minimum Gasteiger partial charge on any atom is -0.545 e. The maximum atomic E-state index is 13.0. The van der Waals surface area contributed by atoms with E-state index >= 15 is 0 Å². The monoisotopic (exact) mass is 439 g/mol. The Morgan fingerprint density at radius 1 is 0.848 bits per heavy atom. The van der Waals surface area contributed by atoms with Gasteiger partial charge in [-0.05, 0) is 28.8 Å². The molecule has 164 valence electrons. The van der Waals surface area contributed by atoms with Crippen LogP contribution < -0.4 is 10.5 Å². The Morgan fingerprint density at radius 3 is 1.97 bits per heavy atom. The van der Waals surface area contributed by atoms with E-state index in [4.69, 9.17) is 4.42 Å². The number of hydrazone groups is 1. The number of hydrogen-bond acceptors (Lipinski definition) is 6. The molecule has 0 aliphatic rings. The molecule has 0 spiro atoms. The molecule has 0 aliphatic carbocycles. The zero-order valence-corrected chi connectivity index (χ0v) is 17.3. The van der Waals surface area contributed by atoms with Gasteiger partial charge in [0.25, 0.3) is 5.91 Å². The number of carbonyl (C=O) groups excluding carboxylic acids is 2. The van der Waals surface area contributed by atoms with E-state index in [0.717, 1.165) is 0 Å². The van der Waals surface area contributed by atoms with Crippen molar-refractivity contribution in [3.8, 4) is 11.3 Å². The van der Waals surface area contributed by atoms with Crippen LogP contribution in [-0.2, 0) is 10.4 Å². The van der Waals surface area contributed by atoms with Crippen LogP contribution in [0.2, 0.25) is 0 Å². The van der Waals surface area contributed by atoms with Gasteiger partial charge in [0.2, 0.25) is 0 Å². The maximum absolute atomic E-state index is 13.0. The molecule has 2 N–H and O–H groups in total. The van der Waals surface area contributed by atoms with Gasteiger partial charge in [-0.3, -0.25) is 4.79 Å². The molecule has 4 aromatic rings. The van der Waals surface area contributed by atoms with Gasteiger partial charge >= 0.3 is 0 Å². The van der Waals surface area contributed by atoms with Crippen LogP contribution in [0, 0.1) is 0 Å². The number of amides is 1. The Hall–Kier alpha value is -4.49. The van der Waals surface area contributed by atoms with Crippen LogP contribution in [0.25, 0.3) is 11.3 Å². The van der Waals surface area contributed by atoms with E-state index in [1.54, 1.807) is 84.9 Å². The fourth-order valence-electron chi connectivity index (χ4n) is 3.37. The van der Waals surface area contributed by atoms with Crippen LogP contribution in [0.15, 0.2) is 107 Å². The van der Waals surface area contributed by atoms with Crippen molar-refractivity contribution >= 4 is 18.1 Å². The first-order valence-electron chi connectivity index (χ1n) is 10.1. The molecule has 0 atom stereocenters. The molecular weight excluding hydrogens is 420 g/mol. The Morgan fingerprint density at radius 2 is 1.42 bits per heavy atom. The molecule has 0 unspecified atom stereocenters. The molecule has 7 nitrogen and oxygen atoms in total. The Kier molecular flexibility index (Phi) is 6.15. The normalized spacial score (nSPS) is 11.4. The second kappa shape index (κ2) is 9.33. The molecule has 1 aromatic heterocycles. The van der Waals surface area contributed by atoms with Crippen molar-refractivity contribution in [2.75, 3.05) is 0 Å². The van der Waals surface area contributed by atoms with Crippen molar-refractivity contribution in [3.63, 3.8) is 0 Å². The molecule has 0 bridgehead atoms. The van der Waals surface area contributed by atoms with E-state index < -0.39 is 17.5 Å². The highest BCUT2D eigenvalue weighted by Gasteiger charge is 2.39. The summed E-state index contributed by atoms with van der Waals surface area (Å²) in [7, 11) is 0. The molecule has 0 fully saturated rings. The van der Waals surface area contributed by atoms with E-state index in [2.05, 4.69) is 10.5 Å². The van der Waals surface area contributed by atoms with Crippen LogP contribution in [0.3, 0.4) is 0 Å². The fraction of sp³-hybridized carbons (Fsp3) is 0.0385. The standard InChI is InChI=1S/C26H20N2O5/c29-24(30)19-13-11-18(12-14-19)23-16-15-22(33-23)17-27-28-25(31)26(32,20-7-3-1-4-8-20)21-9-5-2-6-10-21/h1-17,32H,(H,28,31)(H,29,30)/p-1/b27-17-. The molecule has 4 rings (SSSR count). The summed E-state index contributed by atoms with van der Waals surface area (Å²) in [6.45, 7) is 0. The average Bonchev–Trinajstić information content (AvgIpc) is 3.33. The third-order valence-electron chi connectivity index (χ3n) is 5.10. The van der Waals surface area contributed by atoms with Crippen LogP contribution in [0.4, 0.5) is 0 Å². The number of furan rings is 1. The van der Waals surface area contributed by atoms with Gasteiger partial charge in [-0.25, -0.2) is 5.43 Å². The topological polar surface area (TPSA) is 115 Å². The molecule has 33 heavy (non-hydrogen) atoms. The molecule has 1 amide bonds. The van der Waals surface area contributed by atoms with Crippen molar-refractivity contribution in [1.29, 1.82) is 0 Å². The lowest BCUT2D eigenvalue weighted by Crippen LogP contribution is -2.43. The van der Waals surface area contributed by atoms with Crippen molar-refractivity contribution in [3.05, 3.63) is 120 Å². The van der Waals surface area contributed by atoms with Gasteiger partial charge in [-0.2, -0.15) is 5.10 Å². The van der Waals surface area contributed by atoms with Crippen LogP contribution in [-0.4, -0.2) is 23.2 Å². The van der Waals surface area contributed by atoms with Crippen molar-refractivity contribution in [2.24, 2.45) is 5.10 Å². The lowest BCUT2D eigenvalue weighted by molar-refractivity contribution is -0.255. The lowest BCUT2D eigenvalue weighted by Gasteiger charge is -2.26. The summed E-state index contributed by atoms with van der Waals surface area (Å²) in [4.78, 5) is 23.9. The number of aromatic carboxylic acids is 1. The Balaban J connectivity index is 1.51. The summed E-state index contributed by atoms with van der Waals surface area (Å²) in [5, 5.41) is 26.2. The maximum Gasteiger partial charge on any atom is 0.281 e. The molecule has 0 aliphatic heterocycles. The molecule has 0 radical (unpaired) electrons. The predicted molar refractivity (Wildman–Crippen MR) is 120 cm³/mol. The minimum absolute atomic E-state index is 0.0686. The summed E-state index contributed by atoms with van der Waals surface area (Å²) in [5.74, 6) is -1.12. The smallest absolute Gasteiger partial charge is 0.281 e. The van der Waals surface area contributed by atoms with Crippen molar-refractivity contribution in [1.82, 2.24) is 5.43 Å². The second-order valence-electron chi connectivity index (χ2n) is 7.21. The van der Waals surface area contributed by atoms with E-state index in [1.807, 2.05) is 0 Å². The van der Waals surface area contributed by atoms with Crippen LogP contribution in [0.5, 0.6) is 0 Å². The highest BCUT2D eigenvalue weighted by atomic mass is 16.4. The predicted octanol–water partition coefficient (Wildman–Crippen LogP) is 2.70. The highest BCUT2D eigenvalue weighted by Crippen LogP contribution is 2.30. The van der Waals surface area contributed by atoms with Crippen LogP contribution in [0.1, 0.15) is 27.2 Å². The van der Waals surface area contributed by atoms with Gasteiger partial charge in [0.05, 0.1) is 12.2 Å². The molecule has 0 saturated heterocycles. The average molecular weight is 439 g/mol. The highest BCUT2D eigenvalue weighted by molar-refractivity contribution is 5.91. The summed E-state index contributed by atoms with van der Waals surface area (Å²) in [6, 6.07) is 26.6. The minimum atomic E-state index is -1.94. The summed E-state index contributed by atoms with van der Waals surface area (Å²) >= 11 is 0. The van der Waals surface area contributed by atoms with Gasteiger partial charge in [0.1, 0.15) is 11.5 Å². The lowest BCUT2D eigenvalue weighted by atomic mass is 9.85. The number of benzene rings is 3. The first kappa shape index (κ1) is 21.7. The first-order chi connectivity index (χ1) is 16.0. The summed E-state index contributed by atoms with van der Waals surface area (Å²) in [5.41, 5.74) is 2.00. The van der Waals surface area contributed by atoms with Crippen LogP contribution >= 0.6 is 0 Å². The number of nitrogens with one attached hydrogen (secondary N) is 1.